The van der Waals surface area contributed by atoms with Gasteiger partial charge in [0.15, 0.2) is 5.96 Å². The number of hydrogen-bond donors (Lipinski definition) is 2. The lowest BCUT2D eigenvalue weighted by molar-refractivity contribution is -0.141. The van der Waals surface area contributed by atoms with Gasteiger partial charge in [0.05, 0.1) is 19.9 Å². The van der Waals surface area contributed by atoms with E-state index in [0.717, 1.165) is 24.1 Å². The number of aliphatic imine (C=N–C) groups is 1. The van der Waals surface area contributed by atoms with Crippen molar-refractivity contribution >= 4 is 35.9 Å². The van der Waals surface area contributed by atoms with Gasteiger partial charge >= 0.3 is 5.97 Å². The van der Waals surface area contributed by atoms with Crippen molar-refractivity contribution in [1.82, 2.24) is 25.6 Å². The number of aryl methyl sites for hydroxylation is 1. The number of guanidine groups is 1. The van der Waals surface area contributed by atoms with Gasteiger partial charge in [0, 0.05) is 13.1 Å². The number of methoxy groups -OCH3 is 1. The second-order valence-corrected chi connectivity index (χ2v) is 5.93. The maximum absolute atomic E-state index is 13.2. The first kappa shape index (κ1) is 23.8. The second kappa shape index (κ2) is 12.3. The maximum atomic E-state index is 13.2. The Morgan fingerprint density at radius 3 is 2.82 bits per heavy atom. The quantitative estimate of drug-likeness (QED) is 0.247. The van der Waals surface area contributed by atoms with E-state index in [1.54, 1.807) is 12.3 Å². The number of nitrogens with zero attached hydrogens (tertiary/aromatic N) is 4. The number of ether oxygens (including phenoxy) is 1. The average molecular weight is 504 g/mol. The van der Waals surface area contributed by atoms with Crippen LogP contribution >= 0.6 is 24.0 Å². The third-order valence-electron chi connectivity index (χ3n) is 3.84. The van der Waals surface area contributed by atoms with Crippen molar-refractivity contribution in [3.05, 3.63) is 47.0 Å². The molecule has 0 bridgehead atoms. The Labute approximate surface area is 181 Å². The number of benzene rings is 1. The summed E-state index contributed by atoms with van der Waals surface area (Å²) in [7, 11) is 1.33. The Kier molecular flexibility index (Phi) is 10.4. The predicted molar refractivity (Wildman–Crippen MR) is 115 cm³/mol. The van der Waals surface area contributed by atoms with Crippen LogP contribution in [0.5, 0.6) is 0 Å². The molecule has 1 aromatic heterocycles. The van der Waals surface area contributed by atoms with E-state index in [2.05, 4.69) is 30.7 Å². The van der Waals surface area contributed by atoms with Gasteiger partial charge in [0.1, 0.15) is 18.1 Å². The van der Waals surface area contributed by atoms with Crippen molar-refractivity contribution in [2.45, 2.75) is 33.4 Å². The van der Waals surface area contributed by atoms with Crippen LogP contribution in [0.15, 0.2) is 29.4 Å². The minimum atomic E-state index is -0.388. The Morgan fingerprint density at radius 2 is 2.14 bits per heavy atom. The summed E-state index contributed by atoms with van der Waals surface area (Å²) in [4.78, 5) is 15.7. The van der Waals surface area contributed by atoms with E-state index >= 15 is 0 Å². The van der Waals surface area contributed by atoms with Crippen molar-refractivity contribution in [3.63, 3.8) is 0 Å². The molecule has 0 radical (unpaired) electrons. The number of rotatable bonds is 8. The number of esters is 1. The predicted octanol–water partition coefficient (Wildman–Crippen LogP) is 1.81. The first-order valence-electron chi connectivity index (χ1n) is 8.74. The van der Waals surface area contributed by atoms with Crippen molar-refractivity contribution in [3.8, 4) is 0 Å². The van der Waals surface area contributed by atoms with Crippen molar-refractivity contribution < 1.29 is 13.9 Å². The molecule has 1 heterocycles. The molecule has 0 fully saturated rings. The maximum Gasteiger partial charge on any atom is 0.327 e. The van der Waals surface area contributed by atoms with Crippen LogP contribution in [0, 0.1) is 12.7 Å². The number of hydrogen-bond acceptors (Lipinski definition) is 5. The molecule has 0 saturated heterocycles. The lowest BCUT2D eigenvalue weighted by Gasteiger charge is -2.12. The molecule has 0 saturated carbocycles. The summed E-state index contributed by atoms with van der Waals surface area (Å²) < 4.78 is 19.2. The zero-order chi connectivity index (χ0) is 19.6. The van der Waals surface area contributed by atoms with Crippen LogP contribution < -0.4 is 10.6 Å². The number of carbonyl (C=O) groups is 1. The highest BCUT2D eigenvalue weighted by atomic mass is 127. The summed E-state index contributed by atoms with van der Waals surface area (Å²) in [5, 5.41) is 14.3. The van der Waals surface area contributed by atoms with Gasteiger partial charge in [-0.15, -0.1) is 29.1 Å². The van der Waals surface area contributed by atoms with Gasteiger partial charge in [-0.2, -0.15) is 0 Å². The SMILES string of the molecule is CCNC(=NCc1cn(CC(=O)OC)nn1)NCCc1ccc(F)cc1C.I. The second-order valence-electron chi connectivity index (χ2n) is 5.93. The van der Waals surface area contributed by atoms with Gasteiger partial charge in [0.2, 0.25) is 0 Å². The number of nitrogens with one attached hydrogen (secondary N) is 2. The first-order chi connectivity index (χ1) is 13.0. The first-order valence-corrected chi connectivity index (χ1v) is 8.74. The van der Waals surface area contributed by atoms with Gasteiger partial charge in [-0.25, -0.2) is 14.1 Å². The Hall–Kier alpha value is -2.24. The van der Waals surface area contributed by atoms with Crippen LogP contribution in [0.1, 0.15) is 23.7 Å². The van der Waals surface area contributed by atoms with Gasteiger partial charge in [-0.05, 0) is 43.5 Å². The zero-order valence-electron chi connectivity index (χ0n) is 16.2. The lowest BCUT2D eigenvalue weighted by Crippen LogP contribution is -2.38. The third kappa shape index (κ3) is 7.79. The molecule has 0 spiro atoms. The van der Waals surface area contributed by atoms with E-state index in [-0.39, 0.29) is 42.3 Å². The summed E-state index contributed by atoms with van der Waals surface area (Å²) in [6.07, 6.45) is 2.41. The van der Waals surface area contributed by atoms with Gasteiger partial charge in [-0.3, -0.25) is 4.79 Å². The fraction of sp³-hybridized carbons (Fsp3) is 0.444. The molecule has 0 aliphatic carbocycles. The van der Waals surface area contributed by atoms with E-state index < -0.39 is 0 Å². The van der Waals surface area contributed by atoms with Gasteiger partial charge < -0.3 is 15.4 Å². The van der Waals surface area contributed by atoms with Crippen molar-refractivity contribution in [1.29, 1.82) is 0 Å². The molecule has 154 valence electrons. The van der Waals surface area contributed by atoms with E-state index in [4.69, 9.17) is 0 Å². The largest absolute Gasteiger partial charge is 0.468 e. The molecule has 10 heteroatoms. The normalized spacial score (nSPS) is 10.9. The standard InChI is InChI=1S/C18H25FN6O2.HI/c1-4-20-18(21-8-7-14-5-6-15(19)9-13(14)2)22-10-16-11-25(24-23-16)12-17(26)27-3;/h5-6,9,11H,4,7-8,10,12H2,1-3H3,(H2,20,21,22);1H. The summed E-state index contributed by atoms with van der Waals surface area (Å²) in [6, 6.07) is 4.81. The minimum Gasteiger partial charge on any atom is -0.468 e. The average Bonchev–Trinajstić information content (AvgIpc) is 3.08. The molecular formula is C18H26FIN6O2. The monoisotopic (exact) mass is 504 g/mol. The number of aromatic nitrogens is 3. The molecule has 28 heavy (non-hydrogen) atoms. The molecule has 2 aromatic rings. The molecule has 2 rings (SSSR count). The number of carbonyl (C=O) groups excluding carboxylic acids is 1. The topological polar surface area (TPSA) is 93.4 Å². The Morgan fingerprint density at radius 1 is 1.36 bits per heavy atom. The highest BCUT2D eigenvalue weighted by Crippen LogP contribution is 2.10. The molecule has 2 N–H and O–H groups in total. The molecule has 0 aliphatic rings. The molecule has 8 nitrogen and oxygen atoms in total. The number of halogens is 2. The Bertz CT molecular complexity index is 796. The van der Waals surface area contributed by atoms with Crippen LogP contribution in [-0.2, 0) is 29.0 Å². The summed E-state index contributed by atoms with van der Waals surface area (Å²) in [5.41, 5.74) is 2.66. The highest BCUT2D eigenvalue weighted by Gasteiger charge is 2.06. The minimum absolute atomic E-state index is 0. The summed E-state index contributed by atoms with van der Waals surface area (Å²) >= 11 is 0. The van der Waals surface area contributed by atoms with E-state index in [1.165, 1.54) is 23.9 Å². The van der Waals surface area contributed by atoms with Crippen molar-refractivity contribution in [2.75, 3.05) is 20.2 Å². The smallest absolute Gasteiger partial charge is 0.327 e. The lowest BCUT2D eigenvalue weighted by atomic mass is 10.1. The van der Waals surface area contributed by atoms with Crippen LogP contribution in [0.25, 0.3) is 0 Å². The fourth-order valence-electron chi connectivity index (χ4n) is 2.44. The van der Waals surface area contributed by atoms with Crippen LogP contribution in [0.4, 0.5) is 4.39 Å². The van der Waals surface area contributed by atoms with Crippen LogP contribution in [-0.4, -0.2) is 47.1 Å². The summed E-state index contributed by atoms with van der Waals surface area (Å²) in [5.74, 6) is 0.0418. The fourth-order valence-corrected chi connectivity index (χ4v) is 2.44. The molecular weight excluding hydrogens is 478 g/mol. The van der Waals surface area contributed by atoms with Crippen LogP contribution in [0.2, 0.25) is 0 Å². The molecule has 1 aromatic carbocycles. The molecule has 0 atom stereocenters. The van der Waals surface area contributed by atoms with Crippen molar-refractivity contribution in [2.24, 2.45) is 4.99 Å². The van der Waals surface area contributed by atoms with E-state index in [9.17, 15) is 9.18 Å². The van der Waals surface area contributed by atoms with Gasteiger partial charge in [-0.1, -0.05) is 11.3 Å². The third-order valence-corrected chi connectivity index (χ3v) is 3.84. The van der Waals surface area contributed by atoms with Gasteiger partial charge in [0.25, 0.3) is 0 Å². The molecule has 0 aliphatic heterocycles. The zero-order valence-corrected chi connectivity index (χ0v) is 18.6. The highest BCUT2D eigenvalue weighted by molar-refractivity contribution is 14.0. The molecule has 0 unspecified atom stereocenters. The summed E-state index contributed by atoms with van der Waals surface area (Å²) in [6.45, 7) is 5.60. The van der Waals surface area contributed by atoms with E-state index in [0.29, 0.717) is 24.7 Å². The van der Waals surface area contributed by atoms with Crippen LogP contribution in [0.3, 0.4) is 0 Å². The Balaban J connectivity index is 0.00000392. The molecule has 0 amide bonds. The van der Waals surface area contributed by atoms with E-state index in [1.807, 2.05) is 13.8 Å².